The number of amides is 1. The Morgan fingerprint density at radius 1 is 1.33 bits per heavy atom. The Labute approximate surface area is 71.3 Å². The average molecular weight is 165 g/mol. The van der Waals surface area contributed by atoms with Crippen LogP contribution in [0.2, 0.25) is 0 Å². The van der Waals surface area contributed by atoms with Crippen molar-refractivity contribution in [2.24, 2.45) is 0 Å². The van der Waals surface area contributed by atoms with Crippen LogP contribution in [0.4, 0.5) is 0 Å². The quantitative estimate of drug-likeness (QED) is 0.608. The number of carbonyl (C=O) groups is 1. The lowest BCUT2D eigenvalue weighted by molar-refractivity contribution is 0.0821. The van der Waals surface area contributed by atoms with Crippen LogP contribution < -0.4 is 0 Å². The van der Waals surface area contributed by atoms with Crippen LogP contribution >= 0.6 is 0 Å². The van der Waals surface area contributed by atoms with Crippen molar-refractivity contribution in [3.63, 3.8) is 0 Å². The van der Waals surface area contributed by atoms with Crippen LogP contribution in [-0.2, 0) is 0 Å². The zero-order valence-electron chi connectivity index (χ0n) is 7.40. The second-order valence-corrected chi connectivity index (χ2v) is 2.74. The highest BCUT2D eigenvalue weighted by atomic mass is 16.2. The molecule has 1 aromatic heterocycles. The van der Waals surface area contributed by atoms with E-state index in [1.165, 1.54) is 11.1 Å². The van der Waals surface area contributed by atoms with Gasteiger partial charge in [-0.3, -0.25) is 9.78 Å². The van der Waals surface area contributed by atoms with Gasteiger partial charge in [0.05, 0.1) is 11.9 Å². The fraction of sp³-hybridized carbons (Fsp3) is 0.375. The lowest BCUT2D eigenvalue weighted by Gasteiger charge is -2.08. The first-order chi connectivity index (χ1) is 5.61. The fourth-order valence-corrected chi connectivity index (χ4v) is 0.732. The Morgan fingerprint density at radius 3 is 2.42 bits per heavy atom. The van der Waals surface area contributed by atoms with Crippen molar-refractivity contribution in [2.45, 2.75) is 6.92 Å². The van der Waals surface area contributed by atoms with Crippen LogP contribution in [0.3, 0.4) is 0 Å². The topological polar surface area (TPSA) is 46.1 Å². The van der Waals surface area contributed by atoms with Gasteiger partial charge in [0.25, 0.3) is 5.91 Å². The predicted molar refractivity (Wildman–Crippen MR) is 44.8 cm³/mol. The number of nitrogens with zero attached hydrogens (tertiary/aromatic N) is 3. The number of carbonyl (C=O) groups excluding carboxylic acids is 1. The van der Waals surface area contributed by atoms with E-state index in [1.54, 1.807) is 20.3 Å². The zero-order chi connectivity index (χ0) is 9.14. The highest BCUT2D eigenvalue weighted by Crippen LogP contribution is 1.96. The first-order valence-corrected chi connectivity index (χ1v) is 3.61. The molecule has 0 fully saturated rings. The lowest BCUT2D eigenvalue weighted by atomic mass is 10.4. The number of rotatable bonds is 1. The molecule has 0 aliphatic carbocycles. The van der Waals surface area contributed by atoms with Crippen molar-refractivity contribution in [1.82, 2.24) is 14.9 Å². The van der Waals surface area contributed by atoms with Crippen molar-refractivity contribution in [3.8, 4) is 0 Å². The Bertz CT molecular complexity index is 279. The minimum absolute atomic E-state index is 0.123. The van der Waals surface area contributed by atoms with Crippen LogP contribution in [0.15, 0.2) is 12.4 Å². The summed E-state index contributed by atoms with van der Waals surface area (Å²) in [6.45, 7) is 1.83. The van der Waals surface area contributed by atoms with Gasteiger partial charge in [-0.25, -0.2) is 4.98 Å². The summed E-state index contributed by atoms with van der Waals surface area (Å²) in [6, 6.07) is 0. The maximum Gasteiger partial charge on any atom is 0.273 e. The molecule has 0 radical (unpaired) electrons. The molecular weight excluding hydrogens is 154 g/mol. The Hall–Kier alpha value is -1.45. The number of aryl methyl sites for hydroxylation is 1. The van der Waals surface area contributed by atoms with Gasteiger partial charge in [0, 0.05) is 20.3 Å². The highest BCUT2D eigenvalue weighted by molar-refractivity contribution is 5.91. The molecule has 12 heavy (non-hydrogen) atoms. The number of hydrogen-bond donors (Lipinski definition) is 0. The van der Waals surface area contributed by atoms with Crippen molar-refractivity contribution >= 4 is 5.91 Å². The molecule has 0 unspecified atom stereocenters. The standard InChI is InChI=1S/C8H11N3O/c1-6-4-10-7(5-9-6)8(12)11(2)3/h4-5H,1-3H3. The maximum absolute atomic E-state index is 11.3. The molecule has 0 bridgehead atoms. The van der Waals surface area contributed by atoms with Gasteiger partial charge in [0.1, 0.15) is 5.69 Å². The van der Waals surface area contributed by atoms with E-state index in [9.17, 15) is 4.79 Å². The van der Waals surface area contributed by atoms with E-state index in [-0.39, 0.29) is 5.91 Å². The van der Waals surface area contributed by atoms with Crippen LogP contribution in [0.5, 0.6) is 0 Å². The average Bonchev–Trinajstić information content (AvgIpc) is 2.04. The molecule has 1 rings (SSSR count). The first kappa shape index (κ1) is 8.64. The Balaban J connectivity index is 2.90. The van der Waals surface area contributed by atoms with Crippen LogP contribution in [0.1, 0.15) is 16.2 Å². The molecule has 4 nitrogen and oxygen atoms in total. The van der Waals surface area contributed by atoms with E-state index >= 15 is 0 Å². The second kappa shape index (κ2) is 3.30. The highest BCUT2D eigenvalue weighted by Gasteiger charge is 2.08. The fourth-order valence-electron chi connectivity index (χ4n) is 0.732. The van der Waals surface area contributed by atoms with Crippen LogP contribution in [0, 0.1) is 6.92 Å². The predicted octanol–water partition coefficient (Wildman–Crippen LogP) is 0.487. The Morgan fingerprint density at radius 2 is 2.00 bits per heavy atom. The van der Waals surface area contributed by atoms with Gasteiger partial charge in [-0.15, -0.1) is 0 Å². The monoisotopic (exact) mass is 165 g/mol. The summed E-state index contributed by atoms with van der Waals surface area (Å²) in [5.41, 5.74) is 1.19. The summed E-state index contributed by atoms with van der Waals surface area (Å²) in [4.78, 5) is 20.7. The molecule has 0 spiro atoms. The summed E-state index contributed by atoms with van der Waals surface area (Å²) >= 11 is 0. The molecule has 0 saturated heterocycles. The lowest BCUT2D eigenvalue weighted by Crippen LogP contribution is -2.22. The van der Waals surface area contributed by atoms with Crippen molar-refractivity contribution in [2.75, 3.05) is 14.1 Å². The van der Waals surface area contributed by atoms with Crippen molar-refractivity contribution in [1.29, 1.82) is 0 Å². The van der Waals surface area contributed by atoms with Crippen LogP contribution in [-0.4, -0.2) is 34.9 Å². The molecule has 1 heterocycles. The summed E-state index contributed by atoms with van der Waals surface area (Å²) in [6.07, 6.45) is 3.06. The van der Waals surface area contributed by atoms with Gasteiger partial charge in [-0.05, 0) is 6.92 Å². The number of hydrogen-bond acceptors (Lipinski definition) is 3. The van der Waals surface area contributed by atoms with E-state index in [4.69, 9.17) is 0 Å². The molecule has 1 aromatic rings. The molecule has 4 heteroatoms. The van der Waals surface area contributed by atoms with Gasteiger partial charge in [-0.2, -0.15) is 0 Å². The molecule has 0 aromatic carbocycles. The van der Waals surface area contributed by atoms with Gasteiger partial charge in [0.15, 0.2) is 0 Å². The zero-order valence-corrected chi connectivity index (χ0v) is 7.40. The van der Waals surface area contributed by atoms with Gasteiger partial charge < -0.3 is 4.90 Å². The molecule has 0 atom stereocenters. The minimum Gasteiger partial charge on any atom is -0.343 e. The third-order valence-corrected chi connectivity index (χ3v) is 1.41. The molecule has 1 amide bonds. The summed E-state index contributed by atoms with van der Waals surface area (Å²) in [7, 11) is 3.37. The van der Waals surface area contributed by atoms with E-state index in [1.807, 2.05) is 6.92 Å². The van der Waals surface area contributed by atoms with E-state index in [0.717, 1.165) is 5.69 Å². The molecule has 0 saturated carbocycles. The summed E-state index contributed by atoms with van der Waals surface area (Å²) < 4.78 is 0. The van der Waals surface area contributed by atoms with E-state index in [2.05, 4.69) is 9.97 Å². The summed E-state index contributed by atoms with van der Waals surface area (Å²) in [5.74, 6) is -0.123. The first-order valence-electron chi connectivity index (χ1n) is 3.61. The maximum atomic E-state index is 11.3. The van der Waals surface area contributed by atoms with Crippen LogP contribution in [0.25, 0.3) is 0 Å². The van der Waals surface area contributed by atoms with Gasteiger partial charge in [0.2, 0.25) is 0 Å². The van der Waals surface area contributed by atoms with Crippen molar-refractivity contribution < 1.29 is 4.79 Å². The molecule has 64 valence electrons. The summed E-state index contributed by atoms with van der Waals surface area (Å²) in [5, 5.41) is 0. The normalized spacial score (nSPS) is 9.58. The third kappa shape index (κ3) is 1.78. The van der Waals surface area contributed by atoms with Gasteiger partial charge >= 0.3 is 0 Å². The van der Waals surface area contributed by atoms with Crippen molar-refractivity contribution in [3.05, 3.63) is 23.8 Å². The molecule has 0 aliphatic heterocycles. The van der Waals surface area contributed by atoms with E-state index in [0.29, 0.717) is 5.69 Å². The molecular formula is C8H11N3O. The second-order valence-electron chi connectivity index (χ2n) is 2.74. The minimum atomic E-state index is -0.123. The SMILES string of the molecule is Cc1cnc(C(=O)N(C)C)cn1. The Kier molecular flexibility index (Phi) is 2.38. The largest absolute Gasteiger partial charge is 0.343 e. The van der Waals surface area contributed by atoms with Gasteiger partial charge in [-0.1, -0.05) is 0 Å². The molecule has 0 N–H and O–H groups in total. The number of aromatic nitrogens is 2. The third-order valence-electron chi connectivity index (χ3n) is 1.41. The smallest absolute Gasteiger partial charge is 0.273 e. The molecule has 0 aliphatic rings. The van der Waals surface area contributed by atoms with E-state index < -0.39 is 0 Å².